The van der Waals surface area contributed by atoms with Crippen LogP contribution in [0.25, 0.3) is 0 Å². The van der Waals surface area contributed by atoms with Crippen molar-refractivity contribution in [3.8, 4) is 5.75 Å². The van der Waals surface area contributed by atoms with Gasteiger partial charge in [-0.2, -0.15) is 0 Å². The smallest absolute Gasteiger partial charge is 0.125 e. The molecule has 0 aromatic heterocycles. The Labute approximate surface area is 120 Å². The zero-order chi connectivity index (χ0) is 13.8. The van der Waals surface area contributed by atoms with Gasteiger partial charge in [0.15, 0.2) is 0 Å². The molecule has 2 rings (SSSR count). The topological polar surface area (TPSA) is 24.5 Å². The molecule has 0 radical (unpaired) electrons. The Morgan fingerprint density at radius 1 is 1.42 bits per heavy atom. The van der Waals surface area contributed by atoms with Crippen LogP contribution in [0.2, 0.25) is 5.02 Å². The Morgan fingerprint density at radius 3 is 2.89 bits per heavy atom. The summed E-state index contributed by atoms with van der Waals surface area (Å²) in [7, 11) is 4.20. The minimum absolute atomic E-state index is 0.423. The van der Waals surface area contributed by atoms with Gasteiger partial charge in [0.2, 0.25) is 0 Å². The number of likely N-dealkylation sites (N-methyl/N-ethyl adjacent to an activating group) is 2. The second-order valence-corrected chi connectivity index (χ2v) is 5.81. The number of nitrogens with one attached hydrogen (secondary N) is 1. The lowest BCUT2D eigenvalue weighted by Crippen LogP contribution is -2.39. The number of rotatable bonds is 6. The Morgan fingerprint density at radius 2 is 2.21 bits per heavy atom. The van der Waals surface area contributed by atoms with E-state index in [1.54, 1.807) is 0 Å². The molecule has 0 bridgehead atoms. The molecular formula is C15H23ClN2O. The molecular weight excluding hydrogens is 260 g/mol. The largest absolute Gasteiger partial charge is 0.493 e. The van der Waals surface area contributed by atoms with Crippen LogP contribution in [0, 0.1) is 0 Å². The summed E-state index contributed by atoms with van der Waals surface area (Å²) in [5.74, 6) is 1.06. The molecule has 0 saturated carbocycles. The van der Waals surface area contributed by atoms with Gasteiger partial charge < -0.3 is 15.0 Å². The summed E-state index contributed by atoms with van der Waals surface area (Å²) >= 11 is 6.21. The molecule has 0 amide bonds. The van der Waals surface area contributed by atoms with E-state index < -0.39 is 0 Å². The van der Waals surface area contributed by atoms with E-state index in [0.717, 1.165) is 43.3 Å². The lowest BCUT2D eigenvalue weighted by Gasteiger charge is -2.23. The Kier molecular flexibility index (Phi) is 5.08. The van der Waals surface area contributed by atoms with Crippen LogP contribution in [-0.2, 0) is 12.8 Å². The predicted molar refractivity (Wildman–Crippen MR) is 80.4 cm³/mol. The standard InChI is InChI=1S/C15H23ClN2O/c1-4-17-14(10-18(2)3)9-12-8-13(16)7-11-5-6-19-15(11)12/h7-8,14,17H,4-6,9-10H2,1-3H3. The highest BCUT2D eigenvalue weighted by Gasteiger charge is 2.20. The zero-order valence-corrected chi connectivity index (χ0v) is 12.8. The van der Waals surface area contributed by atoms with E-state index in [4.69, 9.17) is 16.3 Å². The van der Waals surface area contributed by atoms with Gasteiger partial charge in [-0.25, -0.2) is 0 Å². The zero-order valence-electron chi connectivity index (χ0n) is 12.0. The number of halogens is 1. The molecule has 1 aromatic carbocycles. The van der Waals surface area contributed by atoms with E-state index in [9.17, 15) is 0 Å². The van der Waals surface area contributed by atoms with Crippen LogP contribution in [0.3, 0.4) is 0 Å². The summed E-state index contributed by atoms with van der Waals surface area (Å²) in [6, 6.07) is 4.50. The first-order valence-electron chi connectivity index (χ1n) is 6.92. The number of benzene rings is 1. The van der Waals surface area contributed by atoms with Gasteiger partial charge in [-0.1, -0.05) is 18.5 Å². The van der Waals surface area contributed by atoms with Crippen molar-refractivity contribution in [3.63, 3.8) is 0 Å². The third-order valence-corrected chi connectivity index (χ3v) is 3.59. The van der Waals surface area contributed by atoms with Gasteiger partial charge in [-0.15, -0.1) is 0 Å². The first-order valence-corrected chi connectivity index (χ1v) is 7.30. The molecule has 1 unspecified atom stereocenters. The summed E-state index contributed by atoms with van der Waals surface area (Å²) in [4.78, 5) is 2.21. The maximum atomic E-state index is 6.21. The molecule has 1 aromatic rings. The molecule has 0 aliphatic carbocycles. The fourth-order valence-electron chi connectivity index (χ4n) is 2.69. The maximum absolute atomic E-state index is 6.21. The summed E-state index contributed by atoms with van der Waals surface area (Å²) in [6.07, 6.45) is 1.93. The van der Waals surface area contributed by atoms with Gasteiger partial charge in [0.05, 0.1) is 6.61 Å². The summed E-state index contributed by atoms with van der Waals surface area (Å²) in [5.41, 5.74) is 2.48. The average Bonchev–Trinajstić information content (AvgIpc) is 2.76. The fraction of sp³-hybridized carbons (Fsp3) is 0.600. The summed E-state index contributed by atoms with van der Waals surface area (Å²) in [6.45, 7) is 4.90. The van der Waals surface area contributed by atoms with Crippen molar-refractivity contribution >= 4 is 11.6 Å². The van der Waals surface area contributed by atoms with E-state index in [2.05, 4.69) is 31.2 Å². The first kappa shape index (κ1) is 14.6. The normalized spacial score (nSPS) is 15.4. The van der Waals surface area contributed by atoms with Crippen LogP contribution in [-0.4, -0.2) is 44.7 Å². The van der Waals surface area contributed by atoms with Gasteiger partial charge in [0.1, 0.15) is 5.75 Å². The second-order valence-electron chi connectivity index (χ2n) is 5.37. The highest BCUT2D eigenvalue weighted by atomic mass is 35.5. The highest BCUT2D eigenvalue weighted by Crippen LogP contribution is 2.33. The van der Waals surface area contributed by atoms with E-state index >= 15 is 0 Å². The molecule has 1 atom stereocenters. The second kappa shape index (κ2) is 6.60. The summed E-state index contributed by atoms with van der Waals surface area (Å²) in [5, 5.41) is 4.35. The van der Waals surface area contributed by atoms with E-state index in [1.165, 1.54) is 11.1 Å². The van der Waals surface area contributed by atoms with Crippen LogP contribution >= 0.6 is 11.6 Å². The molecule has 4 heteroatoms. The quantitative estimate of drug-likeness (QED) is 0.867. The van der Waals surface area contributed by atoms with Gasteiger partial charge in [-0.3, -0.25) is 0 Å². The average molecular weight is 283 g/mol. The lowest BCUT2D eigenvalue weighted by molar-refractivity contribution is 0.329. The number of hydrogen-bond acceptors (Lipinski definition) is 3. The van der Waals surface area contributed by atoms with Crippen molar-refractivity contribution in [3.05, 3.63) is 28.3 Å². The molecule has 3 nitrogen and oxygen atoms in total. The Balaban J connectivity index is 2.16. The molecule has 0 fully saturated rings. The highest BCUT2D eigenvalue weighted by molar-refractivity contribution is 6.30. The van der Waals surface area contributed by atoms with Crippen LogP contribution in [0.15, 0.2) is 12.1 Å². The minimum Gasteiger partial charge on any atom is -0.493 e. The molecule has 1 aliphatic rings. The van der Waals surface area contributed by atoms with E-state index in [-0.39, 0.29) is 0 Å². The molecule has 1 heterocycles. The number of hydrogen-bond donors (Lipinski definition) is 1. The molecule has 19 heavy (non-hydrogen) atoms. The predicted octanol–water partition coefficient (Wildman–Crippen LogP) is 2.36. The van der Waals surface area contributed by atoms with E-state index in [1.807, 2.05) is 12.1 Å². The molecule has 1 aliphatic heterocycles. The molecule has 0 spiro atoms. The van der Waals surface area contributed by atoms with Gasteiger partial charge >= 0.3 is 0 Å². The third-order valence-electron chi connectivity index (χ3n) is 3.37. The number of ether oxygens (including phenoxy) is 1. The fourth-order valence-corrected chi connectivity index (χ4v) is 2.96. The number of fused-ring (bicyclic) bond motifs is 1. The Hall–Kier alpha value is -0.770. The third kappa shape index (κ3) is 3.85. The van der Waals surface area contributed by atoms with Crippen molar-refractivity contribution in [2.75, 3.05) is 33.8 Å². The minimum atomic E-state index is 0.423. The SMILES string of the molecule is CCNC(Cc1cc(Cl)cc2c1OCC2)CN(C)C. The summed E-state index contributed by atoms with van der Waals surface area (Å²) < 4.78 is 5.77. The molecule has 106 valence electrons. The lowest BCUT2D eigenvalue weighted by atomic mass is 10.0. The molecule has 1 N–H and O–H groups in total. The first-order chi connectivity index (χ1) is 9.10. The van der Waals surface area contributed by atoms with Crippen molar-refractivity contribution in [2.24, 2.45) is 0 Å². The van der Waals surface area contributed by atoms with Crippen molar-refractivity contribution in [1.82, 2.24) is 10.2 Å². The monoisotopic (exact) mass is 282 g/mol. The number of nitrogens with zero attached hydrogens (tertiary/aromatic N) is 1. The van der Waals surface area contributed by atoms with Gasteiger partial charge in [-0.05, 0) is 50.3 Å². The van der Waals surface area contributed by atoms with Crippen LogP contribution in [0.5, 0.6) is 5.75 Å². The van der Waals surface area contributed by atoms with Crippen LogP contribution < -0.4 is 10.1 Å². The van der Waals surface area contributed by atoms with Crippen LogP contribution in [0.1, 0.15) is 18.1 Å². The van der Waals surface area contributed by atoms with Gasteiger partial charge in [0.25, 0.3) is 0 Å². The van der Waals surface area contributed by atoms with Gasteiger partial charge in [0, 0.05) is 24.0 Å². The van der Waals surface area contributed by atoms with Crippen LogP contribution in [0.4, 0.5) is 0 Å². The van der Waals surface area contributed by atoms with Crippen molar-refractivity contribution in [1.29, 1.82) is 0 Å². The Bertz CT molecular complexity index is 434. The van der Waals surface area contributed by atoms with E-state index in [0.29, 0.717) is 6.04 Å². The van der Waals surface area contributed by atoms with Crippen molar-refractivity contribution in [2.45, 2.75) is 25.8 Å². The molecule has 0 saturated heterocycles. The maximum Gasteiger partial charge on any atom is 0.125 e. The van der Waals surface area contributed by atoms with Crippen molar-refractivity contribution < 1.29 is 4.74 Å².